The molecule has 19 heavy (non-hydrogen) atoms. The van der Waals surface area contributed by atoms with Gasteiger partial charge in [0.25, 0.3) is 0 Å². The number of nitrogens with zero attached hydrogens (tertiary/aromatic N) is 2. The van der Waals surface area contributed by atoms with Crippen LogP contribution in [0.3, 0.4) is 0 Å². The van der Waals surface area contributed by atoms with E-state index in [0.717, 1.165) is 25.2 Å². The molecule has 1 aromatic rings. The second-order valence-electron chi connectivity index (χ2n) is 5.51. The first-order chi connectivity index (χ1) is 8.97. The number of hydrogen-bond acceptors (Lipinski definition) is 3. The van der Waals surface area contributed by atoms with Crippen LogP contribution in [0.25, 0.3) is 0 Å². The van der Waals surface area contributed by atoms with Crippen molar-refractivity contribution in [1.82, 2.24) is 9.80 Å². The highest BCUT2D eigenvalue weighted by Crippen LogP contribution is 2.17. The SMILES string of the molecule is Cc1ccc(F)c(C(=O)CC2CN(C)CCN2C)c1. The number of halogens is 1. The van der Waals surface area contributed by atoms with Gasteiger partial charge in [-0.1, -0.05) is 11.6 Å². The van der Waals surface area contributed by atoms with Gasteiger partial charge in [0.15, 0.2) is 5.78 Å². The van der Waals surface area contributed by atoms with Crippen molar-refractivity contribution in [2.45, 2.75) is 19.4 Å². The van der Waals surface area contributed by atoms with E-state index in [-0.39, 0.29) is 17.4 Å². The van der Waals surface area contributed by atoms with E-state index >= 15 is 0 Å². The molecule has 1 aliphatic rings. The van der Waals surface area contributed by atoms with E-state index in [9.17, 15) is 9.18 Å². The van der Waals surface area contributed by atoms with E-state index in [1.807, 2.05) is 14.0 Å². The summed E-state index contributed by atoms with van der Waals surface area (Å²) in [5.74, 6) is -0.518. The molecule has 1 unspecified atom stereocenters. The summed E-state index contributed by atoms with van der Waals surface area (Å²) < 4.78 is 13.7. The first-order valence-electron chi connectivity index (χ1n) is 6.65. The summed E-state index contributed by atoms with van der Waals surface area (Å²) in [5, 5.41) is 0. The van der Waals surface area contributed by atoms with Gasteiger partial charge in [-0.2, -0.15) is 0 Å². The molecule has 0 saturated carbocycles. The minimum Gasteiger partial charge on any atom is -0.304 e. The van der Waals surface area contributed by atoms with Crippen molar-refractivity contribution in [3.63, 3.8) is 0 Å². The monoisotopic (exact) mass is 264 g/mol. The fourth-order valence-electron chi connectivity index (χ4n) is 2.50. The van der Waals surface area contributed by atoms with Crippen LogP contribution >= 0.6 is 0 Å². The molecule has 1 atom stereocenters. The number of carbonyl (C=O) groups excluding carboxylic acids is 1. The molecule has 0 spiro atoms. The maximum Gasteiger partial charge on any atom is 0.167 e. The van der Waals surface area contributed by atoms with Crippen molar-refractivity contribution < 1.29 is 9.18 Å². The Labute approximate surface area is 114 Å². The standard InChI is InChI=1S/C15H21FN2O/c1-11-4-5-14(16)13(8-11)15(19)9-12-10-17(2)6-7-18(12)3/h4-5,8,12H,6-7,9-10H2,1-3H3. The van der Waals surface area contributed by atoms with E-state index in [1.54, 1.807) is 12.1 Å². The summed E-state index contributed by atoms with van der Waals surface area (Å²) in [6.07, 6.45) is 0.376. The highest BCUT2D eigenvalue weighted by atomic mass is 19.1. The molecule has 3 nitrogen and oxygen atoms in total. The Morgan fingerprint density at radius 1 is 1.37 bits per heavy atom. The predicted molar refractivity (Wildman–Crippen MR) is 74.0 cm³/mol. The highest BCUT2D eigenvalue weighted by molar-refractivity contribution is 5.96. The third-order valence-electron chi connectivity index (χ3n) is 3.82. The maximum atomic E-state index is 13.7. The number of ketones is 1. The van der Waals surface area contributed by atoms with E-state index < -0.39 is 5.82 Å². The molecular weight excluding hydrogens is 243 g/mol. The molecule has 1 heterocycles. The molecule has 0 amide bonds. The molecule has 2 rings (SSSR count). The number of Topliss-reactive ketones (excluding diaryl/α,β-unsaturated/α-hetero) is 1. The Morgan fingerprint density at radius 2 is 2.11 bits per heavy atom. The van der Waals surface area contributed by atoms with Crippen LogP contribution in [0.4, 0.5) is 4.39 Å². The van der Waals surface area contributed by atoms with Crippen LogP contribution in [0.5, 0.6) is 0 Å². The zero-order valence-corrected chi connectivity index (χ0v) is 11.8. The van der Waals surface area contributed by atoms with Gasteiger partial charge in [0.2, 0.25) is 0 Å². The van der Waals surface area contributed by atoms with Crippen molar-refractivity contribution in [2.75, 3.05) is 33.7 Å². The zero-order valence-electron chi connectivity index (χ0n) is 11.8. The summed E-state index contributed by atoms with van der Waals surface area (Å²) in [6, 6.07) is 4.88. The summed E-state index contributed by atoms with van der Waals surface area (Å²) >= 11 is 0. The number of piperazine rings is 1. The molecule has 104 valence electrons. The van der Waals surface area contributed by atoms with E-state index in [2.05, 4.69) is 16.8 Å². The van der Waals surface area contributed by atoms with Gasteiger partial charge in [-0.05, 0) is 33.2 Å². The van der Waals surface area contributed by atoms with Crippen molar-refractivity contribution in [3.05, 3.63) is 35.1 Å². The summed E-state index contributed by atoms with van der Waals surface area (Å²) in [6.45, 7) is 4.69. The Kier molecular flexibility index (Phi) is 4.32. The Balaban J connectivity index is 2.10. The van der Waals surface area contributed by atoms with Gasteiger partial charge in [-0.25, -0.2) is 4.39 Å². The lowest BCUT2D eigenvalue weighted by molar-refractivity contribution is 0.0807. The minimum absolute atomic E-state index is 0.103. The lowest BCUT2D eigenvalue weighted by Crippen LogP contribution is -2.50. The first kappa shape index (κ1) is 14.2. The Bertz CT molecular complexity index is 475. The number of likely N-dealkylation sites (N-methyl/N-ethyl adjacent to an activating group) is 2. The number of rotatable bonds is 3. The average Bonchev–Trinajstić information content (AvgIpc) is 2.36. The van der Waals surface area contributed by atoms with Crippen LogP contribution < -0.4 is 0 Å². The van der Waals surface area contributed by atoms with Crippen molar-refractivity contribution in [2.24, 2.45) is 0 Å². The van der Waals surface area contributed by atoms with Gasteiger partial charge >= 0.3 is 0 Å². The van der Waals surface area contributed by atoms with Crippen LogP contribution in [-0.4, -0.2) is 55.4 Å². The molecule has 4 heteroatoms. The molecule has 1 aromatic carbocycles. The lowest BCUT2D eigenvalue weighted by Gasteiger charge is -2.37. The molecule has 1 saturated heterocycles. The van der Waals surface area contributed by atoms with Gasteiger partial charge in [0, 0.05) is 32.1 Å². The molecule has 1 aliphatic heterocycles. The molecule has 1 fully saturated rings. The lowest BCUT2D eigenvalue weighted by atomic mass is 9.99. The summed E-state index contributed by atoms with van der Waals surface area (Å²) in [5.41, 5.74) is 1.14. The Hall–Kier alpha value is -1.26. The molecular formula is C15H21FN2O. The maximum absolute atomic E-state index is 13.7. The van der Waals surface area contributed by atoms with E-state index in [4.69, 9.17) is 0 Å². The van der Waals surface area contributed by atoms with Crippen molar-refractivity contribution in [1.29, 1.82) is 0 Å². The van der Waals surface area contributed by atoms with Crippen LogP contribution in [0, 0.1) is 12.7 Å². The third-order valence-corrected chi connectivity index (χ3v) is 3.82. The quantitative estimate of drug-likeness (QED) is 0.780. The fourth-order valence-corrected chi connectivity index (χ4v) is 2.50. The smallest absolute Gasteiger partial charge is 0.167 e. The van der Waals surface area contributed by atoms with Gasteiger partial charge < -0.3 is 9.80 Å². The minimum atomic E-state index is -0.414. The second-order valence-corrected chi connectivity index (χ2v) is 5.51. The molecule has 0 radical (unpaired) electrons. The first-order valence-corrected chi connectivity index (χ1v) is 6.65. The number of aryl methyl sites for hydroxylation is 1. The summed E-state index contributed by atoms with van der Waals surface area (Å²) in [7, 11) is 4.08. The zero-order chi connectivity index (χ0) is 14.0. The number of benzene rings is 1. The fraction of sp³-hybridized carbons (Fsp3) is 0.533. The van der Waals surface area contributed by atoms with Crippen LogP contribution in [0.2, 0.25) is 0 Å². The van der Waals surface area contributed by atoms with Crippen molar-refractivity contribution in [3.8, 4) is 0 Å². The Morgan fingerprint density at radius 3 is 2.84 bits per heavy atom. The number of hydrogen-bond donors (Lipinski definition) is 0. The van der Waals surface area contributed by atoms with Gasteiger partial charge in [-0.15, -0.1) is 0 Å². The van der Waals surface area contributed by atoms with Crippen LogP contribution in [-0.2, 0) is 0 Å². The van der Waals surface area contributed by atoms with Crippen molar-refractivity contribution >= 4 is 5.78 Å². The van der Waals surface area contributed by atoms with Gasteiger partial charge in [0.1, 0.15) is 5.82 Å². The average molecular weight is 264 g/mol. The van der Waals surface area contributed by atoms with Crippen LogP contribution in [0.15, 0.2) is 18.2 Å². The normalized spacial score (nSPS) is 21.6. The number of carbonyl (C=O) groups is 1. The highest BCUT2D eigenvalue weighted by Gasteiger charge is 2.25. The second kappa shape index (κ2) is 5.80. The van der Waals surface area contributed by atoms with Gasteiger partial charge in [0.05, 0.1) is 5.56 Å². The van der Waals surface area contributed by atoms with E-state index in [0.29, 0.717) is 6.42 Å². The van der Waals surface area contributed by atoms with Crippen LogP contribution in [0.1, 0.15) is 22.3 Å². The largest absolute Gasteiger partial charge is 0.304 e. The topological polar surface area (TPSA) is 23.6 Å². The molecule has 0 bridgehead atoms. The van der Waals surface area contributed by atoms with E-state index in [1.165, 1.54) is 6.07 Å². The molecule has 0 N–H and O–H groups in total. The predicted octanol–water partition coefficient (Wildman–Crippen LogP) is 1.95. The molecule has 0 aliphatic carbocycles. The molecule has 0 aromatic heterocycles. The summed E-state index contributed by atoms with van der Waals surface area (Å²) in [4.78, 5) is 16.7. The van der Waals surface area contributed by atoms with Gasteiger partial charge in [-0.3, -0.25) is 4.79 Å². The third kappa shape index (κ3) is 3.39.